The van der Waals surface area contributed by atoms with E-state index in [2.05, 4.69) is 15.3 Å². The van der Waals surface area contributed by atoms with E-state index in [1.165, 1.54) is 14.0 Å². The Morgan fingerprint density at radius 3 is 2.47 bits per heavy atom. The fraction of sp³-hybridized carbons (Fsp3) is 0.250. The lowest BCUT2D eigenvalue weighted by Gasteiger charge is -2.09. The summed E-state index contributed by atoms with van der Waals surface area (Å²) < 4.78 is 5.13. The third-order valence-electron chi connectivity index (χ3n) is 2.52. The number of imidazole rings is 1. The van der Waals surface area contributed by atoms with Gasteiger partial charge in [-0.15, -0.1) is 0 Å². The Kier molecular flexibility index (Phi) is 3.37. The van der Waals surface area contributed by atoms with Crippen LogP contribution in [0.25, 0.3) is 11.0 Å². The van der Waals surface area contributed by atoms with Crippen LogP contribution in [0.4, 0.5) is 5.69 Å². The van der Waals surface area contributed by atoms with Gasteiger partial charge in [0.2, 0.25) is 5.91 Å². The van der Waals surface area contributed by atoms with Crippen molar-refractivity contribution in [1.29, 1.82) is 0 Å². The van der Waals surface area contributed by atoms with Gasteiger partial charge in [-0.3, -0.25) is 9.59 Å². The van der Waals surface area contributed by atoms with Gasteiger partial charge >= 0.3 is 5.69 Å². The summed E-state index contributed by atoms with van der Waals surface area (Å²) in [6.07, 6.45) is -0.204. The minimum atomic E-state index is -0.428. The van der Waals surface area contributed by atoms with Gasteiger partial charge in [0.25, 0.3) is 0 Å². The fourth-order valence-corrected chi connectivity index (χ4v) is 1.75. The monoisotopic (exact) mass is 263 g/mol. The van der Waals surface area contributed by atoms with Crippen LogP contribution < -0.4 is 15.7 Å². The highest BCUT2D eigenvalue weighted by atomic mass is 16.5. The molecule has 1 aromatic heterocycles. The first-order valence-electron chi connectivity index (χ1n) is 5.59. The molecule has 2 rings (SSSR count). The zero-order chi connectivity index (χ0) is 14.0. The first kappa shape index (κ1) is 12.9. The van der Waals surface area contributed by atoms with Crippen LogP contribution in [0.15, 0.2) is 16.9 Å². The molecule has 0 unspecified atom stereocenters. The number of ether oxygens (including phenoxy) is 1. The van der Waals surface area contributed by atoms with Crippen molar-refractivity contribution in [2.24, 2.45) is 0 Å². The quantitative estimate of drug-likeness (QED) is 0.709. The summed E-state index contributed by atoms with van der Waals surface area (Å²) in [6, 6.07) is 3.17. The molecular formula is C12H13N3O4. The predicted molar refractivity (Wildman–Crippen MR) is 69.4 cm³/mol. The van der Waals surface area contributed by atoms with Crippen LogP contribution >= 0.6 is 0 Å². The van der Waals surface area contributed by atoms with E-state index in [1.54, 1.807) is 12.1 Å². The van der Waals surface area contributed by atoms with Gasteiger partial charge in [0.15, 0.2) is 0 Å². The smallest absolute Gasteiger partial charge is 0.323 e. The highest BCUT2D eigenvalue weighted by Gasteiger charge is 2.12. The zero-order valence-electron chi connectivity index (χ0n) is 10.5. The highest BCUT2D eigenvalue weighted by Crippen LogP contribution is 2.28. The third-order valence-corrected chi connectivity index (χ3v) is 2.52. The van der Waals surface area contributed by atoms with Crippen LogP contribution in [-0.2, 0) is 9.59 Å². The first-order chi connectivity index (χ1) is 8.99. The number of H-pyrrole nitrogens is 2. The van der Waals surface area contributed by atoms with Crippen LogP contribution in [0.2, 0.25) is 0 Å². The largest absolute Gasteiger partial charge is 0.494 e. The van der Waals surface area contributed by atoms with Crippen LogP contribution in [-0.4, -0.2) is 28.8 Å². The second kappa shape index (κ2) is 4.97. The third kappa shape index (κ3) is 2.82. The molecule has 1 heterocycles. The summed E-state index contributed by atoms with van der Waals surface area (Å²) in [6.45, 7) is 1.34. The molecule has 1 amide bonds. The molecule has 0 aliphatic carbocycles. The van der Waals surface area contributed by atoms with Crippen molar-refractivity contribution in [3.8, 4) is 5.75 Å². The number of aromatic amines is 2. The van der Waals surface area contributed by atoms with Gasteiger partial charge in [-0.25, -0.2) is 4.79 Å². The fourth-order valence-electron chi connectivity index (χ4n) is 1.75. The van der Waals surface area contributed by atoms with Crippen molar-refractivity contribution in [2.45, 2.75) is 13.3 Å². The van der Waals surface area contributed by atoms with Crippen LogP contribution in [0.1, 0.15) is 13.3 Å². The number of benzene rings is 1. The molecule has 19 heavy (non-hydrogen) atoms. The van der Waals surface area contributed by atoms with E-state index in [0.717, 1.165) is 0 Å². The van der Waals surface area contributed by atoms with E-state index in [0.29, 0.717) is 22.5 Å². The average molecular weight is 263 g/mol. The Morgan fingerprint density at radius 1 is 1.26 bits per heavy atom. The standard InChI is InChI=1S/C12H13N3O4/c1-6(16)3-11(17)13-9-4-7-8(5-10(9)19-2)15-12(18)14-7/h4-5H,3H2,1-2H3,(H,13,17)(H2,14,15,18). The van der Waals surface area contributed by atoms with Crippen LogP contribution in [0.3, 0.4) is 0 Å². The van der Waals surface area contributed by atoms with Crippen molar-refractivity contribution in [3.63, 3.8) is 0 Å². The number of carbonyl (C=O) groups is 2. The van der Waals surface area contributed by atoms with Crippen molar-refractivity contribution in [2.75, 3.05) is 12.4 Å². The molecule has 0 saturated carbocycles. The van der Waals surface area contributed by atoms with Gasteiger partial charge < -0.3 is 20.0 Å². The number of nitrogens with one attached hydrogen (secondary N) is 3. The van der Waals surface area contributed by atoms with Gasteiger partial charge in [0, 0.05) is 6.07 Å². The van der Waals surface area contributed by atoms with Gasteiger partial charge in [-0.1, -0.05) is 0 Å². The molecule has 0 spiro atoms. The van der Waals surface area contributed by atoms with E-state index in [9.17, 15) is 14.4 Å². The minimum absolute atomic E-state index is 0.204. The summed E-state index contributed by atoms with van der Waals surface area (Å²) in [4.78, 5) is 38.8. The maximum atomic E-state index is 11.6. The number of amides is 1. The van der Waals surface area contributed by atoms with Crippen molar-refractivity contribution < 1.29 is 14.3 Å². The van der Waals surface area contributed by atoms with E-state index >= 15 is 0 Å². The molecule has 3 N–H and O–H groups in total. The second-order valence-electron chi connectivity index (χ2n) is 4.10. The van der Waals surface area contributed by atoms with Gasteiger partial charge in [-0.05, 0) is 13.0 Å². The number of ketones is 1. The Balaban J connectivity index is 2.37. The maximum Gasteiger partial charge on any atom is 0.323 e. The summed E-state index contributed by atoms with van der Waals surface area (Å²) in [5, 5.41) is 2.57. The van der Waals surface area contributed by atoms with Crippen LogP contribution in [0, 0.1) is 0 Å². The predicted octanol–water partition coefficient (Wildman–Crippen LogP) is 0.782. The van der Waals surface area contributed by atoms with Crippen molar-refractivity contribution >= 4 is 28.4 Å². The number of rotatable bonds is 4. The Bertz CT molecular complexity index is 699. The number of carbonyl (C=O) groups excluding carboxylic acids is 2. The lowest BCUT2D eigenvalue weighted by Crippen LogP contribution is -2.15. The second-order valence-corrected chi connectivity index (χ2v) is 4.10. The Hall–Kier alpha value is -2.57. The molecule has 1 aromatic carbocycles. The summed E-state index contributed by atoms with van der Waals surface area (Å²) in [7, 11) is 1.45. The Morgan fingerprint density at radius 2 is 1.89 bits per heavy atom. The number of Topliss-reactive ketones (excluding diaryl/α,β-unsaturated/α-hetero) is 1. The topological polar surface area (TPSA) is 104 Å². The lowest BCUT2D eigenvalue weighted by atomic mass is 10.2. The number of aromatic nitrogens is 2. The maximum absolute atomic E-state index is 11.6. The number of fused-ring (bicyclic) bond motifs is 1. The molecule has 0 fully saturated rings. The van der Waals surface area contributed by atoms with E-state index in [1.807, 2.05) is 0 Å². The lowest BCUT2D eigenvalue weighted by molar-refractivity contribution is -0.124. The molecule has 100 valence electrons. The molecule has 0 saturated heterocycles. The van der Waals surface area contributed by atoms with Gasteiger partial charge in [0.1, 0.15) is 11.5 Å². The van der Waals surface area contributed by atoms with Crippen molar-refractivity contribution in [1.82, 2.24) is 9.97 Å². The van der Waals surface area contributed by atoms with Gasteiger partial charge in [-0.2, -0.15) is 0 Å². The summed E-state index contributed by atoms with van der Waals surface area (Å²) in [5.41, 5.74) is 1.18. The molecule has 0 radical (unpaired) electrons. The zero-order valence-corrected chi connectivity index (χ0v) is 10.5. The van der Waals surface area contributed by atoms with Crippen molar-refractivity contribution in [3.05, 3.63) is 22.6 Å². The molecule has 0 bridgehead atoms. The van der Waals surface area contributed by atoms with E-state index < -0.39 is 5.91 Å². The summed E-state index contributed by atoms with van der Waals surface area (Å²) >= 11 is 0. The molecule has 0 aliphatic heterocycles. The SMILES string of the molecule is COc1cc2[nH]c(=O)[nH]c2cc1NC(=O)CC(C)=O. The van der Waals surface area contributed by atoms with E-state index in [-0.39, 0.29) is 17.9 Å². The van der Waals surface area contributed by atoms with E-state index in [4.69, 9.17) is 4.74 Å². The minimum Gasteiger partial charge on any atom is -0.494 e. The number of hydrogen-bond donors (Lipinski definition) is 3. The Labute approximate surface area is 108 Å². The molecule has 2 aromatic rings. The number of hydrogen-bond acceptors (Lipinski definition) is 4. The molecule has 7 heteroatoms. The molecule has 0 aliphatic rings. The highest BCUT2D eigenvalue weighted by molar-refractivity contribution is 6.04. The average Bonchev–Trinajstić information content (AvgIpc) is 2.65. The first-order valence-corrected chi connectivity index (χ1v) is 5.59. The molecule has 0 atom stereocenters. The molecule has 7 nitrogen and oxygen atoms in total. The number of methoxy groups -OCH3 is 1. The number of anilines is 1. The molecular weight excluding hydrogens is 250 g/mol. The summed E-state index contributed by atoms with van der Waals surface area (Å²) in [5.74, 6) is -0.254. The van der Waals surface area contributed by atoms with Crippen LogP contribution in [0.5, 0.6) is 5.75 Å². The normalized spacial score (nSPS) is 10.4. The van der Waals surface area contributed by atoms with Gasteiger partial charge in [0.05, 0.1) is 30.3 Å².